The molecule has 1 aliphatic heterocycles. The molecule has 1 amide bonds. The highest BCUT2D eigenvalue weighted by Crippen LogP contribution is 2.38. The highest BCUT2D eigenvalue weighted by molar-refractivity contribution is 9.11. The number of halogens is 4. The Balaban J connectivity index is 1.51. The summed E-state index contributed by atoms with van der Waals surface area (Å²) in [4.78, 5) is 31.1. The monoisotopic (exact) mass is 682 g/mol. The third-order valence-corrected chi connectivity index (χ3v) is 8.18. The first-order valence-electron chi connectivity index (χ1n) is 10.7. The third-order valence-electron chi connectivity index (χ3n) is 5.20. The summed E-state index contributed by atoms with van der Waals surface area (Å²) in [5.74, 6) is 0.0330. The van der Waals surface area contributed by atoms with E-state index < -0.39 is 5.97 Å². The Morgan fingerprint density at radius 1 is 1.05 bits per heavy atom. The molecule has 3 aromatic rings. The van der Waals surface area contributed by atoms with Crippen LogP contribution >= 0.6 is 66.8 Å². The van der Waals surface area contributed by atoms with Crippen LogP contribution in [0.1, 0.15) is 21.5 Å². The number of likely N-dealkylation sites (N-methyl/N-ethyl adjacent to an activating group) is 1. The molecule has 0 atom stereocenters. The number of thioether (sulfide) groups is 1. The van der Waals surface area contributed by atoms with E-state index in [1.54, 1.807) is 49.5 Å². The standard InChI is InChI=1S/C26H18Br2Cl2N2O4S/c1-32-24(33)22(37-26(32)31-17-6-4-16(5-7-17)25(34)35-2)12-15-9-18(27)23(19(28)10-15)36-13-14-3-8-20(29)21(30)11-14/h3-12H,13H2,1-2H3/b22-12-,31-26?. The average molecular weight is 685 g/mol. The summed E-state index contributed by atoms with van der Waals surface area (Å²) < 4.78 is 12.1. The Morgan fingerprint density at radius 3 is 2.35 bits per heavy atom. The van der Waals surface area contributed by atoms with Gasteiger partial charge in [-0.25, -0.2) is 9.79 Å². The second-order valence-electron chi connectivity index (χ2n) is 7.76. The highest BCUT2D eigenvalue weighted by atomic mass is 79.9. The minimum absolute atomic E-state index is 0.165. The van der Waals surface area contributed by atoms with Crippen LogP contribution in [-0.4, -0.2) is 36.1 Å². The maximum absolute atomic E-state index is 12.9. The predicted octanol–water partition coefficient (Wildman–Crippen LogP) is 8.12. The van der Waals surface area contributed by atoms with Crippen molar-refractivity contribution in [2.24, 2.45) is 4.99 Å². The lowest BCUT2D eigenvalue weighted by atomic mass is 10.2. The fraction of sp³-hybridized carbons (Fsp3) is 0.115. The molecule has 11 heteroatoms. The molecule has 0 radical (unpaired) electrons. The highest BCUT2D eigenvalue weighted by Gasteiger charge is 2.30. The van der Waals surface area contributed by atoms with Crippen LogP contribution in [0.15, 0.2) is 73.4 Å². The van der Waals surface area contributed by atoms with Crippen LogP contribution in [0.4, 0.5) is 5.69 Å². The maximum atomic E-state index is 12.9. The minimum Gasteiger partial charge on any atom is -0.487 e. The van der Waals surface area contributed by atoms with Crippen molar-refractivity contribution in [1.29, 1.82) is 0 Å². The van der Waals surface area contributed by atoms with Crippen LogP contribution in [0, 0.1) is 0 Å². The van der Waals surface area contributed by atoms with E-state index in [-0.39, 0.29) is 5.91 Å². The zero-order chi connectivity index (χ0) is 26.7. The van der Waals surface area contributed by atoms with E-state index >= 15 is 0 Å². The summed E-state index contributed by atoms with van der Waals surface area (Å²) in [7, 11) is 3.00. The van der Waals surface area contributed by atoms with E-state index in [2.05, 4.69) is 36.9 Å². The van der Waals surface area contributed by atoms with E-state index in [1.807, 2.05) is 18.2 Å². The number of hydrogen-bond donors (Lipinski definition) is 0. The number of carbonyl (C=O) groups excluding carboxylic acids is 2. The lowest BCUT2D eigenvalue weighted by Gasteiger charge is -2.12. The van der Waals surface area contributed by atoms with Gasteiger partial charge in [-0.2, -0.15) is 0 Å². The number of amidine groups is 1. The fourth-order valence-electron chi connectivity index (χ4n) is 3.29. The number of ether oxygens (including phenoxy) is 2. The number of carbonyl (C=O) groups is 2. The van der Waals surface area contributed by atoms with Gasteiger partial charge in [-0.05, 0) is 109 Å². The third kappa shape index (κ3) is 6.59. The molecular weight excluding hydrogens is 667 g/mol. The quantitative estimate of drug-likeness (QED) is 0.194. The minimum atomic E-state index is -0.421. The van der Waals surface area contributed by atoms with Crippen molar-refractivity contribution in [2.45, 2.75) is 6.61 Å². The topological polar surface area (TPSA) is 68.2 Å². The average Bonchev–Trinajstić information content (AvgIpc) is 3.13. The van der Waals surface area contributed by atoms with Gasteiger partial charge in [0.25, 0.3) is 5.91 Å². The van der Waals surface area contributed by atoms with Crippen molar-refractivity contribution in [2.75, 3.05) is 14.2 Å². The number of esters is 1. The first kappa shape index (κ1) is 27.7. The number of hydrogen-bond acceptors (Lipinski definition) is 6. The molecule has 4 rings (SSSR count). The van der Waals surface area contributed by atoms with Crippen molar-refractivity contribution in [1.82, 2.24) is 4.90 Å². The van der Waals surface area contributed by atoms with Gasteiger partial charge in [-0.1, -0.05) is 29.3 Å². The second kappa shape index (κ2) is 12.0. The van der Waals surface area contributed by atoms with E-state index in [0.717, 1.165) is 20.1 Å². The molecule has 3 aromatic carbocycles. The van der Waals surface area contributed by atoms with Crippen LogP contribution in [-0.2, 0) is 16.1 Å². The SMILES string of the molecule is COC(=O)c1ccc(N=C2S/C(=C\c3cc(Br)c(OCc4ccc(Cl)c(Cl)c4)c(Br)c3)C(=O)N2C)cc1. The van der Waals surface area contributed by atoms with E-state index in [0.29, 0.717) is 43.7 Å². The Kier molecular flexibility index (Phi) is 9.03. The normalized spacial score (nSPS) is 15.5. The van der Waals surface area contributed by atoms with Gasteiger partial charge < -0.3 is 9.47 Å². The predicted molar refractivity (Wildman–Crippen MR) is 156 cm³/mol. The molecule has 0 N–H and O–H groups in total. The smallest absolute Gasteiger partial charge is 0.337 e. The zero-order valence-corrected chi connectivity index (χ0v) is 24.9. The Hall–Kier alpha value is -2.30. The molecule has 1 fully saturated rings. The molecule has 0 aromatic heterocycles. The zero-order valence-electron chi connectivity index (χ0n) is 19.4. The van der Waals surface area contributed by atoms with Crippen LogP contribution in [0.3, 0.4) is 0 Å². The van der Waals surface area contributed by atoms with Crippen LogP contribution in [0.2, 0.25) is 10.0 Å². The summed E-state index contributed by atoms with van der Waals surface area (Å²) in [6.45, 7) is 0.300. The maximum Gasteiger partial charge on any atom is 0.337 e. The van der Waals surface area contributed by atoms with Crippen molar-refractivity contribution in [3.05, 3.63) is 95.2 Å². The van der Waals surface area contributed by atoms with Gasteiger partial charge in [0.2, 0.25) is 0 Å². The number of rotatable bonds is 6. The van der Waals surface area contributed by atoms with Gasteiger partial charge in [0.05, 0.1) is 42.3 Å². The molecule has 1 heterocycles. The first-order valence-corrected chi connectivity index (χ1v) is 13.8. The Morgan fingerprint density at radius 2 is 1.73 bits per heavy atom. The largest absolute Gasteiger partial charge is 0.487 e. The molecule has 37 heavy (non-hydrogen) atoms. The molecule has 1 aliphatic rings. The molecule has 6 nitrogen and oxygen atoms in total. The first-order chi connectivity index (χ1) is 17.7. The van der Waals surface area contributed by atoms with E-state index in [1.165, 1.54) is 23.8 Å². The summed E-state index contributed by atoms with van der Waals surface area (Å²) in [6, 6.07) is 15.7. The van der Waals surface area contributed by atoms with Gasteiger partial charge in [-0.15, -0.1) is 0 Å². The Bertz CT molecular complexity index is 1420. The number of benzene rings is 3. The molecule has 190 valence electrons. The molecule has 0 saturated carbocycles. The summed E-state index contributed by atoms with van der Waals surface area (Å²) in [6.07, 6.45) is 1.80. The lowest BCUT2D eigenvalue weighted by molar-refractivity contribution is -0.121. The number of methoxy groups -OCH3 is 1. The molecule has 0 unspecified atom stereocenters. The van der Waals surface area contributed by atoms with Crippen molar-refractivity contribution >= 4 is 95.6 Å². The molecular formula is C26H18Br2Cl2N2O4S. The van der Waals surface area contributed by atoms with E-state index in [4.69, 9.17) is 32.7 Å². The number of nitrogens with zero attached hydrogens (tertiary/aromatic N) is 2. The van der Waals surface area contributed by atoms with Gasteiger partial charge in [0.15, 0.2) is 5.17 Å². The van der Waals surface area contributed by atoms with Gasteiger partial charge in [-0.3, -0.25) is 9.69 Å². The van der Waals surface area contributed by atoms with Crippen LogP contribution in [0.25, 0.3) is 6.08 Å². The van der Waals surface area contributed by atoms with Gasteiger partial charge in [0, 0.05) is 7.05 Å². The van der Waals surface area contributed by atoms with E-state index in [9.17, 15) is 9.59 Å². The van der Waals surface area contributed by atoms with Crippen LogP contribution in [0.5, 0.6) is 5.75 Å². The fourth-order valence-corrected chi connectivity index (χ4v) is 6.05. The van der Waals surface area contributed by atoms with Crippen LogP contribution < -0.4 is 4.74 Å². The van der Waals surface area contributed by atoms with Gasteiger partial charge >= 0.3 is 5.97 Å². The summed E-state index contributed by atoms with van der Waals surface area (Å²) in [5.41, 5.74) is 2.72. The molecule has 0 aliphatic carbocycles. The lowest BCUT2D eigenvalue weighted by Crippen LogP contribution is -2.23. The van der Waals surface area contributed by atoms with Crippen molar-refractivity contribution in [3.8, 4) is 5.75 Å². The number of amides is 1. The van der Waals surface area contributed by atoms with Gasteiger partial charge in [0.1, 0.15) is 12.4 Å². The van der Waals surface area contributed by atoms with Crippen molar-refractivity contribution < 1.29 is 19.1 Å². The van der Waals surface area contributed by atoms with Crippen molar-refractivity contribution in [3.63, 3.8) is 0 Å². The second-order valence-corrected chi connectivity index (χ2v) is 11.3. The summed E-state index contributed by atoms with van der Waals surface area (Å²) in [5, 5.41) is 1.48. The number of aliphatic imine (C=N–C) groups is 1. The molecule has 0 bridgehead atoms. The molecule has 1 saturated heterocycles. The summed E-state index contributed by atoms with van der Waals surface area (Å²) >= 11 is 20.5. The Labute approximate surface area is 244 Å². The molecule has 0 spiro atoms.